The highest BCUT2D eigenvalue weighted by Gasteiger charge is 2.30. The van der Waals surface area contributed by atoms with E-state index in [0.717, 1.165) is 17.8 Å². The maximum Gasteiger partial charge on any atom is 0.416 e. The monoisotopic (exact) mass is 231 g/mol. The van der Waals surface area contributed by atoms with Gasteiger partial charge in [0, 0.05) is 18.8 Å². The van der Waals surface area contributed by atoms with Gasteiger partial charge in [0.2, 0.25) is 0 Å². The van der Waals surface area contributed by atoms with Gasteiger partial charge in [-0.25, -0.2) is 0 Å². The van der Waals surface area contributed by atoms with Gasteiger partial charge in [-0.2, -0.15) is 13.2 Å². The third-order valence-corrected chi connectivity index (χ3v) is 2.72. The van der Waals surface area contributed by atoms with Gasteiger partial charge in [0.25, 0.3) is 0 Å². The van der Waals surface area contributed by atoms with Crippen LogP contribution in [0.25, 0.3) is 0 Å². The number of aliphatic hydroxyl groups excluding tert-OH is 1. The van der Waals surface area contributed by atoms with Crippen LogP contribution >= 0.6 is 0 Å². The highest BCUT2D eigenvalue weighted by molar-refractivity contribution is 5.49. The van der Waals surface area contributed by atoms with E-state index in [9.17, 15) is 18.3 Å². The third kappa shape index (κ3) is 2.29. The van der Waals surface area contributed by atoms with Crippen molar-refractivity contribution in [3.05, 3.63) is 29.8 Å². The van der Waals surface area contributed by atoms with Crippen molar-refractivity contribution in [3.8, 4) is 0 Å². The molecule has 1 heterocycles. The Bertz CT molecular complexity index is 360. The molecule has 5 heteroatoms. The summed E-state index contributed by atoms with van der Waals surface area (Å²) in [4.78, 5) is 1.88. The van der Waals surface area contributed by atoms with E-state index in [0.29, 0.717) is 19.5 Å². The van der Waals surface area contributed by atoms with Crippen LogP contribution in [0.3, 0.4) is 0 Å². The fourth-order valence-electron chi connectivity index (χ4n) is 1.84. The minimum Gasteiger partial charge on any atom is -0.391 e. The summed E-state index contributed by atoms with van der Waals surface area (Å²) in [6.07, 6.45) is -3.99. The molecule has 0 aromatic heterocycles. The minimum atomic E-state index is -4.29. The first-order valence-corrected chi connectivity index (χ1v) is 5.07. The fourth-order valence-corrected chi connectivity index (χ4v) is 1.84. The van der Waals surface area contributed by atoms with Crippen LogP contribution in [0.5, 0.6) is 0 Å². The lowest BCUT2D eigenvalue weighted by molar-refractivity contribution is -0.137. The van der Waals surface area contributed by atoms with Crippen molar-refractivity contribution < 1.29 is 18.3 Å². The summed E-state index contributed by atoms with van der Waals surface area (Å²) in [5.41, 5.74) is 0.0838. The number of aliphatic hydroxyl groups is 1. The van der Waals surface area contributed by atoms with Crippen LogP contribution in [0.2, 0.25) is 0 Å². The van der Waals surface area contributed by atoms with Crippen LogP contribution in [-0.4, -0.2) is 24.3 Å². The number of hydrogen-bond donors (Lipinski definition) is 1. The van der Waals surface area contributed by atoms with Crippen molar-refractivity contribution in [1.29, 1.82) is 0 Å². The van der Waals surface area contributed by atoms with Crippen molar-refractivity contribution in [3.63, 3.8) is 0 Å². The molecule has 0 bridgehead atoms. The molecule has 1 aliphatic rings. The number of alkyl halides is 3. The Morgan fingerprint density at radius 1 is 1.19 bits per heavy atom. The van der Waals surface area contributed by atoms with Gasteiger partial charge in [-0.3, -0.25) is 0 Å². The standard InChI is InChI=1S/C11H12F3NO/c12-11(13,14)8-1-3-9(4-2-8)15-6-5-10(16)7-15/h1-4,10,16H,5-7H2/t10-/m1/s1. The molecule has 0 unspecified atom stereocenters. The van der Waals surface area contributed by atoms with Crippen LogP contribution in [0.1, 0.15) is 12.0 Å². The number of rotatable bonds is 1. The van der Waals surface area contributed by atoms with E-state index in [4.69, 9.17) is 0 Å². The van der Waals surface area contributed by atoms with Gasteiger partial charge in [0.1, 0.15) is 0 Å². The Labute approximate surface area is 91.3 Å². The quantitative estimate of drug-likeness (QED) is 0.801. The predicted octanol–water partition coefficient (Wildman–Crippen LogP) is 2.28. The number of hydrogen-bond acceptors (Lipinski definition) is 2. The lowest BCUT2D eigenvalue weighted by atomic mass is 10.2. The molecule has 2 nitrogen and oxygen atoms in total. The number of nitrogens with zero attached hydrogens (tertiary/aromatic N) is 1. The second-order valence-corrected chi connectivity index (χ2v) is 3.93. The Morgan fingerprint density at radius 3 is 2.25 bits per heavy atom. The third-order valence-electron chi connectivity index (χ3n) is 2.72. The molecule has 1 aliphatic heterocycles. The van der Waals surface area contributed by atoms with Gasteiger partial charge < -0.3 is 10.0 Å². The molecule has 2 rings (SSSR count). The van der Waals surface area contributed by atoms with Gasteiger partial charge in [-0.05, 0) is 30.7 Å². The molecule has 0 amide bonds. The van der Waals surface area contributed by atoms with E-state index in [2.05, 4.69) is 0 Å². The second kappa shape index (κ2) is 3.97. The molecule has 0 radical (unpaired) electrons. The Balaban J connectivity index is 2.14. The predicted molar refractivity (Wildman–Crippen MR) is 54.3 cm³/mol. The molecule has 0 saturated carbocycles. The lowest BCUT2D eigenvalue weighted by Crippen LogP contribution is -2.21. The molecule has 1 aromatic rings. The summed E-state index contributed by atoms with van der Waals surface area (Å²) in [5.74, 6) is 0. The normalized spacial score (nSPS) is 21.5. The van der Waals surface area contributed by atoms with Gasteiger partial charge in [-0.1, -0.05) is 0 Å². The summed E-state index contributed by atoms with van der Waals surface area (Å²) >= 11 is 0. The summed E-state index contributed by atoms with van der Waals surface area (Å²) in [7, 11) is 0. The van der Waals surface area contributed by atoms with Gasteiger partial charge in [0.15, 0.2) is 0 Å². The van der Waals surface area contributed by atoms with Crippen LogP contribution in [0.4, 0.5) is 18.9 Å². The molecule has 0 aliphatic carbocycles. The van der Waals surface area contributed by atoms with Crippen LogP contribution in [-0.2, 0) is 6.18 Å². The van der Waals surface area contributed by atoms with E-state index in [1.165, 1.54) is 12.1 Å². The zero-order chi connectivity index (χ0) is 11.8. The summed E-state index contributed by atoms with van der Waals surface area (Å²) in [6, 6.07) is 5.03. The first-order chi connectivity index (χ1) is 7.47. The maximum atomic E-state index is 12.3. The Kier molecular flexibility index (Phi) is 2.80. The molecular weight excluding hydrogens is 219 g/mol. The Morgan fingerprint density at radius 2 is 1.81 bits per heavy atom. The largest absolute Gasteiger partial charge is 0.416 e. The molecular formula is C11H12F3NO. The summed E-state index contributed by atoms with van der Waals surface area (Å²) in [5, 5.41) is 9.32. The van der Waals surface area contributed by atoms with Gasteiger partial charge in [-0.15, -0.1) is 0 Å². The number of β-amino-alcohol motifs (C(OH)–C–C–N with tert-alkyl or cyclic N) is 1. The Hall–Kier alpha value is -1.23. The first kappa shape index (κ1) is 11.3. The van der Waals surface area contributed by atoms with E-state index in [1.807, 2.05) is 4.90 Å². The molecule has 0 spiro atoms. The molecule has 16 heavy (non-hydrogen) atoms. The van der Waals surface area contributed by atoms with Crippen molar-refractivity contribution >= 4 is 5.69 Å². The first-order valence-electron chi connectivity index (χ1n) is 5.07. The number of benzene rings is 1. The minimum absolute atomic E-state index is 0.373. The van der Waals surface area contributed by atoms with Gasteiger partial charge in [0.05, 0.1) is 11.7 Å². The molecule has 1 fully saturated rings. The smallest absolute Gasteiger partial charge is 0.391 e. The van der Waals surface area contributed by atoms with E-state index in [-0.39, 0.29) is 6.10 Å². The van der Waals surface area contributed by atoms with Crippen molar-refractivity contribution in [2.45, 2.75) is 18.7 Å². The lowest BCUT2D eigenvalue weighted by Gasteiger charge is -2.18. The number of anilines is 1. The molecule has 1 saturated heterocycles. The SMILES string of the molecule is O[C@@H]1CCN(c2ccc(C(F)(F)F)cc2)C1. The zero-order valence-corrected chi connectivity index (χ0v) is 8.54. The van der Waals surface area contributed by atoms with Crippen molar-refractivity contribution in [1.82, 2.24) is 0 Å². The topological polar surface area (TPSA) is 23.5 Å². The van der Waals surface area contributed by atoms with Crippen LogP contribution in [0.15, 0.2) is 24.3 Å². The zero-order valence-electron chi connectivity index (χ0n) is 8.54. The highest BCUT2D eigenvalue weighted by Crippen LogP contribution is 2.31. The molecule has 1 N–H and O–H groups in total. The van der Waals surface area contributed by atoms with Gasteiger partial charge >= 0.3 is 6.18 Å². The van der Waals surface area contributed by atoms with E-state index >= 15 is 0 Å². The maximum absolute atomic E-state index is 12.3. The fraction of sp³-hybridized carbons (Fsp3) is 0.455. The summed E-state index contributed by atoms with van der Waals surface area (Å²) in [6.45, 7) is 1.18. The van der Waals surface area contributed by atoms with E-state index in [1.54, 1.807) is 0 Å². The molecule has 1 aromatic carbocycles. The van der Waals surface area contributed by atoms with E-state index < -0.39 is 11.7 Å². The number of halogens is 3. The highest BCUT2D eigenvalue weighted by atomic mass is 19.4. The second-order valence-electron chi connectivity index (χ2n) is 3.93. The van der Waals surface area contributed by atoms with Crippen LogP contribution < -0.4 is 4.90 Å². The molecule has 88 valence electrons. The van der Waals surface area contributed by atoms with Crippen LogP contribution in [0, 0.1) is 0 Å². The summed E-state index contributed by atoms with van der Waals surface area (Å²) < 4.78 is 36.9. The van der Waals surface area contributed by atoms with Crippen molar-refractivity contribution in [2.24, 2.45) is 0 Å². The average molecular weight is 231 g/mol. The molecule has 1 atom stereocenters. The average Bonchev–Trinajstić information content (AvgIpc) is 2.64. The van der Waals surface area contributed by atoms with Crippen molar-refractivity contribution in [2.75, 3.05) is 18.0 Å².